The number of hydrogen-bond acceptors (Lipinski definition) is 5. The van der Waals surface area contributed by atoms with E-state index in [1.807, 2.05) is 13.8 Å². The summed E-state index contributed by atoms with van der Waals surface area (Å²) in [5.74, 6) is -1.10. The molecule has 1 aliphatic heterocycles. The third kappa shape index (κ3) is 3.77. The molecule has 26 heavy (non-hydrogen) atoms. The van der Waals surface area contributed by atoms with Gasteiger partial charge in [0.2, 0.25) is 5.56 Å². The monoisotopic (exact) mass is 358 g/mol. The quantitative estimate of drug-likeness (QED) is 0.838. The lowest BCUT2D eigenvalue weighted by Crippen LogP contribution is -2.48. The average molecular weight is 358 g/mol. The van der Waals surface area contributed by atoms with Crippen LogP contribution in [0.5, 0.6) is 0 Å². The van der Waals surface area contributed by atoms with Gasteiger partial charge in [-0.15, -0.1) is 0 Å². The van der Waals surface area contributed by atoms with Crippen LogP contribution in [-0.4, -0.2) is 54.2 Å². The molecule has 0 saturated carbocycles. The number of amides is 1. The molecule has 1 N–H and O–H groups in total. The SMILES string of the molecule is CC(C)[C@@H](OC(=O)c1cc(=O)[nH]c2ccccc12)C(=O)N1CCOCC1. The maximum atomic E-state index is 12.8. The fourth-order valence-corrected chi connectivity index (χ4v) is 2.99. The number of rotatable bonds is 4. The number of carbonyl (C=O) groups excluding carboxylic acids is 2. The number of aromatic nitrogens is 1. The summed E-state index contributed by atoms with van der Waals surface area (Å²) >= 11 is 0. The largest absolute Gasteiger partial charge is 0.448 e. The van der Waals surface area contributed by atoms with Gasteiger partial charge in [-0.1, -0.05) is 32.0 Å². The molecule has 0 unspecified atom stereocenters. The van der Waals surface area contributed by atoms with Gasteiger partial charge in [-0.3, -0.25) is 9.59 Å². The minimum absolute atomic E-state index is 0.157. The van der Waals surface area contributed by atoms with Gasteiger partial charge in [-0.25, -0.2) is 4.79 Å². The number of para-hydroxylation sites is 1. The topological polar surface area (TPSA) is 88.7 Å². The van der Waals surface area contributed by atoms with Gasteiger partial charge in [0.1, 0.15) is 0 Å². The van der Waals surface area contributed by atoms with Crippen molar-refractivity contribution in [2.75, 3.05) is 26.3 Å². The van der Waals surface area contributed by atoms with Crippen molar-refractivity contribution in [3.8, 4) is 0 Å². The predicted molar refractivity (Wildman–Crippen MR) is 96.0 cm³/mol. The van der Waals surface area contributed by atoms with E-state index in [1.54, 1.807) is 29.2 Å². The number of H-pyrrole nitrogens is 1. The number of aromatic amines is 1. The van der Waals surface area contributed by atoms with E-state index in [9.17, 15) is 14.4 Å². The highest BCUT2D eigenvalue weighted by Gasteiger charge is 2.32. The van der Waals surface area contributed by atoms with E-state index in [4.69, 9.17) is 9.47 Å². The van der Waals surface area contributed by atoms with E-state index < -0.39 is 17.6 Å². The molecule has 0 spiro atoms. The van der Waals surface area contributed by atoms with Crippen LogP contribution in [0, 0.1) is 5.92 Å². The molecule has 7 nitrogen and oxygen atoms in total. The summed E-state index contributed by atoms with van der Waals surface area (Å²) in [4.78, 5) is 41.7. The van der Waals surface area contributed by atoms with Gasteiger partial charge in [0, 0.05) is 30.1 Å². The summed E-state index contributed by atoms with van der Waals surface area (Å²) in [5, 5.41) is 0.582. The van der Waals surface area contributed by atoms with Crippen molar-refractivity contribution >= 4 is 22.8 Å². The normalized spacial score (nSPS) is 15.9. The van der Waals surface area contributed by atoms with Gasteiger partial charge in [-0.2, -0.15) is 0 Å². The van der Waals surface area contributed by atoms with Crippen LogP contribution in [0.25, 0.3) is 10.9 Å². The molecule has 0 bridgehead atoms. The van der Waals surface area contributed by atoms with Crippen molar-refractivity contribution in [1.29, 1.82) is 0 Å². The lowest BCUT2D eigenvalue weighted by Gasteiger charge is -2.31. The molecule has 1 atom stereocenters. The van der Waals surface area contributed by atoms with E-state index in [-0.39, 0.29) is 17.4 Å². The van der Waals surface area contributed by atoms with Crippen molar-refractivity contribution in [2.24, 2.45) is 5.92 Å². The van der Waals surface area contributed by atoms with Crippen molar-refractivity contribution in [3.63, 3.8) is 0 Å². The predicted octanol–water partition coefficient (Wildman–Crippen LogP) is 1.57. The zero-order valence-electron chi connectivity index (χ0n) is 14.9. The Kier molecular flexibility index (Phi) is 5.37. The number of ether oxygens (including phenoxy) is 2. The van der Waals surface area contributed by atoms with Crippen LogP contribution in [0.2, 0.25) is 0 Å². The Morgan fingerprint density at radius 1 is 1.19 bits per heavy atom. The molecule has 1 aromatic carbocycles. The molecule has 2 heterocycles. The molecule has 2 aromatic rings. The Morgan fingerprint density at radius 3 is 2.58 bits per heavy atom. The van der Waals surface area contributed by atoms with Gasteiger partial charge in [0.05, 0.1) is 18.8 Å². The molecule has 3 rings (SSSR count). The number of esters is 1. The van der Waals surface area contributed by atoms with Gasteiger partial charge >= 0.3 is 5.97 Å². The van der Waals surface area contributed by atoms with Crippen molar-refractivity contribution in [3.05, 3.63) is 46.2 Å². The van der Waals surface area contributed by atoms with Gasteiger partial charge < -0.3 is 19.4 Å². The highest BCUT2D eigenvalue weighted by Crippen LogP contribution is 2.19. The molecule has 0 aliphatic carbocycles. The maximum absolute atomic E-state index is 12.8. The Labute approximate surface area is 150 Å². The minimum Gasteiger partial charge on any atom is -0.448 e. The number of fused-ring (bicyclic) bond motifs is 1. The highest BCUT2D eigenvalue weighted by molar-refractivity contribution is 6.04. The zero-order chi connectivity index (χ0) is 18.7. The molecule has 1 aliphatic rings. The first kappa shape index (κ1) is 18.1. The summed E-state index contributed by atoms with van der Waals surface area (Å²) in [5.41, 5.74) is 0.314. The first-order chi connectivity index (χ1) is 12.5. The molecular formula is C19H22N2O5. The lowest BCUT2D eigenvalue weighted by molar-refractivity contribution is -0.147. The summed E-state index contributed by atoms with van der Waals surface area (Å²) < 4.78 is 10.8. The Hall–Kier alpha value is -2.67. The second-order valence-electron chi connectivity index (χ2n) is 6.60. The summed E-state index contributed by atoms with van der Waals surface area (Å²) in [6.45, 7) is 5.56. The molecule has 1 fully saturated rings. The smallest absolute Gasteiger partial charge is 0.339 e. The average Bonchev–Trinajstić information content (AvgIpc) is 2.65. The fourth-order valence-electron chi connectivity index (χ4n) is 2.99. The number of nitrogens with zero attached hydrogens (tertiary/aromatic N) is 1. The fraction of sp³-hybridized carbons (Fsp3) is 0.421. The van der Waals surface area contributed by atoms with E-state index in [0.717, 1.165) is 0 Å². The van der Waals surface area contributed by atoms with Crippen LogP contribution in [0.3, 0.4) is 0 Å². The van der Waals surface area contributed by atoms with E-state index >= 15 is 0 Å². The standard InChI is InChI=1S/C19H22N2O5/c1-12(2)17(18(23)21-7-9-25-10-8-21)26-19(24)14-11-16(22)20-15-6-4-3-5-13(14)15/h3-6,11-12,17H,7-10H2,1-2H3,(H,20,22)/t17-/m1/s1. The van der Waals surface area contributed by atoms with Crippen LogP contribution < -0.4 is 5.56 Å². The Balaban J connectivity index is 1.87. The molecule has 1 amide bonds. The third-order valence-corrected chi connectivity index (χ3v) is 4.38. The number of benzene rings is 1. The Morgan fingerprint density at radius 2 is 1.88 bits per heavy atom. The van der Waals surface area contributed by atoms with E-state index in [1.165, 1.54) is 6.07 Å². The number of carbonyl (C=O) groups is 2. The minimum atomic E-state index is -0.904. The highest BCUT2D eigenvalue weighted by atomic mass is 16.5. The molecule has 138 valence electrons. The van der Waals surface area contributed by atoms with Crippen molar-refractivity contribution in [2.45, 2.75) is 20.0 Å². The lowest BCUT2D eigenvalue weighted by atomic mass is 10.0. The van der Waals surface area contributed by atoms with Gasteiger partial charge in [0.15, 0.2) is 6.10 Å². The van der Waals surface area contributed by atoms with Crippen LogP contribution in [-0.2, 0) is 14.3 Å². The molecular weight excluding hydrogens is 336 g/mol. The van der Waals surface area contributed by atoms with Crippen molar-refractivity contribution < 1.29 is 19.1 Å². The van der Waals surface area contributed by atoms with Crippen LogP contribution >= 0.6 is 0 Å². The Bertz CT molecular complexity index is 868. The summed E-state index contributed by atoms with van der Waals surface area (Å²) in [6, 6.07) is 8.20. The second-order valence-corrected chi connectivity index (χ2v) is 6.60. The van der Waals surface area contributed by atoms with Crippen molar-refractivity contribution in [1.82, 2.24) is 9.88 Å². The summed E-state index contributed by atoms with van der Waals surface area (Å²) in [6.07, 6.45) is -0.904. The zero-order valence-corrected chi connectivity index (χ0v) is 14.9. The molecule has 1 saturated heterocycles. The number of hydrogen-bond donors (Lipinski definition) is 1. The molecule has 7 heteroatoms. The number of morpholine rings is 1. The number of pyridine rings is 1. The second kappa shape index (κ2) is 7.70. The third-order valence-electron chi connectivity index (χ3n) is 4.38. The van der Waals surface area contributed by atoms with E-state index in [2.05, 4.69) is 4.98 Å². The molecule has 1 aromatic heterocycles. The first-order valence-corrected chi connectivity index (χ1v) is 8.67. The van der Waals surface area contributed by atoms with E-state index in [0.29, 0.717) is 37.2 Å². The molecule has 0 radical (unpaired) electrons. The summed E-state index contributed by atoms with van der Waals surface area (Å²) in [7, 11) is 0. The van der Waals surface area contributed by atoms with Gasteiger partial charge in [-0.05, 0) is 12.0 Å². The van der Waals surface area contributed by atoms with Crippen LogP contribution in [0.1, 0.15) is 24.2 Å². The number of nitrogens with one attached hydrogen (secondary N) is 1. The maximum Gasteiger partial charge on any atom is 0.339 e. The van der Waals surface area contributed by atoms with Gasteiger partial charge in [0.25, 0.3) is 5.91 Å². The first-order valence-electron chi connectivity index (χ1n) is 8.67. The van der Waals surface area contributed by atoms with Crippen LogP contribution in [0.4, 0.5) is 0 Å². The van der Waals surface area contributed by atoms with Crippen LogP contribution in [0.15, 0.2) is 35.1 Å².